The van der Waals surface area contributed by atoms with Gasteiger partial charge in [0.15, 0.2) is 0 Å². The summed E-state index contributed by atoms with van der Waals surface area (Å²) in [4.78, 5) is 11.9. The van der Waals surface area contributed by atoms with Gasteiger partial charge in [-0.2, -0.15) is 0 Å². The molecule has 0 spiro atoms. The van der Waals surface area contributed by atoms with Crippen molar-refractivity contribution in [1.82, 2.24) is 9.97 Å². The molecule has 0 saturated carbocycles. The van der Waals surface area contributed by atoms with Gasteiger partial charge in [-0.25, -0.2) is 15.8 Å². The van der Waals surface area contributed by atoms with Crippen LogP contribution in [0.2, 0.25) is 0 Å². The third-order valence-electron chi connectivity index (χ3n) is 4.57. The molecule has 2 atom stereocenters. The number of nitrogens with zero attached hydrogens (tertiary/aromatic N) is 3. The van der Waals surface area contributed by atoms with Crippen molar-refractivity contribution in [1.29, 1.82) is 0 Å². The molecule has 0 aliphatic carbocycles. The van der Waals surface area contributed by atoms with E-state index in [4.69, 9.17) is 10.8 Å². The van der Waals surface area contributed by atoms with Crippen LogP contribution in [0.25, 0.3) is 0 Å². The van der Waals surface area contributed by atoms with Crippen molar-refractivity contribution in [2.75, 3.05) is 16.9 Å². The molecule has 1 aliphatic heterocycles. The molecule has 1 aromatic heterocycles. The number of nitrogens with two attached hydrogens (primary N) is 1. The first-order chi connectivity index (χ1) is 9.75. The van der Waals surface area contributed by atoms with Crippen LogP contribution in [0.1, 0.15) is 58.8 Å². The van der Waals surface area contributed by atoms with Crippen LogP contribution in [0.4, 0.5) is 11.6 Å². The van der Waals surface area contributed by atoms with Crippen LogP contribution >= 0.6 is 0 Å². The summed E-state index contributed by atoms with van der Waals surface area (Å²) in [6, 6.07) is 0.491. The summed E-state index contributed by atoms with van der Waals surface area (Å²) in [5, 5.41) is 0. The molecular weight excluding hydrogens is 262 g/mol. The Morgan fingerprint density at radius 3 is 2.48 bits per heavy atom. The van der Waals surface area contributed by atoms with E-state index in [-0.39, 0.29) is 5.41 Å². The van der Waals surface area contributed by atoms with Gasteiger partial charge in [0.05, 0.1) is 0 Å². The lowest BCUT2D eigenvalue weighted by atomic mass is 9.91. The standard InChI is InChI=1S/C16H29N5/c1-10-8-7-9-21(12(10)3)14-11(2)13(20-17)18-15(19-14)16(4,5)6/h10,12H,7-9,17H2,1-6H3,(H,18,19,20). The molecule has 1 fully saturated rings. The zero-order valence-corrected chi connectivity index (χ0v) is 14.2. The van der Waals surface area contributed by atoms with Gasteiger partial charge in [0, 0.05) is 23.6 Å². The Kier molecular flexibility index (Phi) is 4.42. The highest BCUT2D eigenvalue weighted by atomic mass is 15.3. The van der Waals surface area contributed by atoms with Crippen molar-refractivity contribution in [3.63, 3.8) is 0 Å². The fraction of sp³-hybridized carbons (Fsp3) is 0.750. The number of rotatable bonds is 2. The maximum absolute atomic E-state index is 5.66. The van der Waals surface area contributed by atoms with Gasteiger partial charge in [0.2, 0.25) is 0 Å². The third kappa shape index (κ3) is 3.12. The van der Waals surface area contributed by atoms with Crippen molar-refractivity contribution in [3.8, 4) is 0 Å². The zero-order chi connectivity index (χ0) is 15.8. The van der Waals surface area contributed by atoms with Gasteiger partial charge in [-0.1, -0.05) is 27.7 Å². The molecule has 5 nitrogen and oxygen atoms in total. The second kappa shape index (κ2) is 5.79. The van der Waals surface area contributed by atoms with E-state index in [1.165, 1.54) is 12.8 Å². The average molecular weight is 291 g/mol. The van der Waals surface area contributed by atoms with Crippen LogP contribution in [0.5, 0.6) is 0 Å². The van der Waals surface area contributed by atoms with Crippen molar-refractivity contribution >= 4 is 11.6 Å². The van der Waals surface area contributed by atoms with E-state index in [1.807, 2.05) is 6.92 Å². The van der Waals surface area contributed by atoms with Gasteiger partial charge in [0.1, 0.15) is 17.5 Å². The van der Waals surface area contributed by atoms with Gasteiger partial charge >= 0.3 is 0 Å². The number of hydrogen-bond acceptors (Lipinski definition) is 5. The van der Waals surface area contributed by atoms with E-state index in [2.05, 4.69) is 49.9 Å². The SMILES string of the molecule is Cc1c(NN)nc(C(C)(C)C)nc1N1CCCC(C)C1C. The van der Waals surface area contributed by atoms with E-state index in [0.717, 1.165) is 29.6 Å². The monoisotopic (exact) mass is 291 g/mol. The van der Waals surface area contributed by atoms with Crippen LogP contribution in [-0.2, 0) is 5.41 Å². The topological polar surface area (TPSA) is 67.1 Å². The number of nitrogens with one attached hydrogen (secondary N) is 1. The molecule has 118 valence electrons. The maximum Gasteiger partial charge on any atom is 0.148 e. The van der Waals surface area contributed by atoms with Crippen LogP contribution < -0.4 is 16.2 Å². The summed E-state index contributed by atoms with van der Waals surface area (Å²) in [5.74, 6) is 8.94. The highest BCUT2D eigenvalue weighted by Crippen LogP contribution is 2.33. The Hall–Kier alpha value is -1.36. The summed E-state index contributed by atoms with van der Waals surface area (Å²) in [6.07, 6.45) is 2.50. The van der Waals surface area contributed by atoms with Gasteiger partial charge in [-0.05, 0) is 32.6 Å². The number of aromatic nitrogens is 2. The molecule has 1 aliphatic rings. The fourth-order valence-corrected chi connectivity index (χ4v) is 2.89. The van der Waals surface area contributed by atoms with Crippen molar-refractivity contribution < 1.29 is 0 Å². The smallest absolute Gasteiger partial charge is 0.148 e. The predicted molar refractivity (Wildman–Crippen MR) is 88.5 cm³/mol. The molecule has 21 heavy (non-hydrogen) atoms. The highest BCUT2D eigenvalue weighted by molar-refractivity contribution is 5.59. The van der Waals surface area contributed by atoms with E-state index < -0.39 is 0 Å². The summed E-state index contributed by atoms with van der Waals surface area (Å²) < 4.78 is 0. The molecule has 3 N–H and O–H groups in total. The summed E-state index contributed by atoms with van der Waals surface area (Å²) in [6.45, 7) is 14.1. The number of anilines is 2. The van der Waals surface area contributed by atoms with Crippen LogP contribution in [0.3, 0.4) is 0 Å². The third-order valence-corrected chi connectivity index (χ3v) is 4.57. The first kappa shape index (κ1) is 16.0. The Balaban J connectivity index is 2.51. The Morgan fingerprint density at radius 2 is 1.90 bits per heavy atom. The van der Waals surface area contributed by atoms with Gasteiger partial charge < -0.3 is 10.3 Å². The number of nitrogen functional groups attached to an aromatic ring is 1. The lowest BCUT2D eigenvalue weighted by molar-refractivity contribution is 0.360. The maximum atomic E-state index is 5.66. The minimum atomic E-state index is -0.0985. The first-order valence-corrected chi connectivity index (χ1v) is 7.88. The van der Waals surface area contributed by atoms with Crippen molar-refractivity contribution in [2.24, 2.45) is 11.8 Å². The second-order valence-electron chi connectivity index (χ2n) is 7.29. The molecule has 1 aromatic rings. The average Bonchev–Trinajstić information content (AvgIpc) is 2.41. The molecule has 2 rings (SSSR count). The molecule has 1 saturated heterocycles. The van der Waals surface area contributed by atoms with Crippen molar-refractivity contribution in [2.45, 2.75) is 65.8 Å². The zero-order valence-electron chi connectivity index (χ0n) is 14.2. The van der Waals surface area contributed by atoms with Crippen LogP contribution in [0.15, 0.2) is 0 Å². The van der Waals surface area contributed by atoms with E-state index in [0.29, 0.717) is 12.0 Å². The first-order valence-electron chi connectivity index (χ1n) is 7.88. The lowest BCUT2D eigenvalue weighted by Crippen LogP contribution is -2.43. The van der Waals surface area contributed by atoms with E-state index in [9.17, 15) is 0 Å². The predicted octanol–water partition coefficient (Wildman–Crippen LogP) is 2.99. The summed E-state index contributed by atoms with van der Waals surface area (Å²) >= 11 is 0. The van der Waals surface area contributed by atoms with E-state index in [1.54, 1.807) is 0 Å². The molecule has 0 amide bonds. The lowest BCUT2D eigenvalue weighted by Gasteiger charge is -2.40. The number of hydrazine groups is 1. The Bertz CT molecular complexity index is 506. The van der Waals surface area contributed by atoms with Crippen molar-refractivity contribution in [3.05, 3.63) is 11.4 Å². The Morgan fingerprint density at radius 1 is 1.24 bits per heavy atom. The Labute approximate surface area is 128 Å². The quantitative estimate of drug-likeness (QED) is 0.647. The molecule has 0 aromatic carbocycles. The molecule has 0 bridgehead atoms. The minimum Gasteiger partial charge on any atom is -0.353 e. The molecule has 0 radical (unpaired) electrons. The molecule has 2 heterocycles. The summed E-state index contributed by atoms with van der Waals surface area (Å²) in [7, 11) is 0. The van der Waals surface area contributed by atoms with Crippen LogP contribution in [0, 0.1) is 12.8 Å². The molecule has 5 heteroatoms. The second-order valence-corrected chi connectivity index (χ2v) is 7.29. The minimum absolute atomic E-state index is 0.0985. The normalized spacial score (nSPS) is 23.3. The molecular formula is C16H29N5. The number of piperidine rings is 1. The summed E-state index contributed by atoms with van der Waals surface area (Å²) in [5.41, 5.74) is 3.67. The van der Waals surface area contributed by atoms with Crippen LogP contribution in [-0.4, -0.2) is 22.6 Å². The highest BCUT2D eigenvalue weighted by Gasteiger charge is 2.29. The van der Waals surface area contributed by atoms with Gasteiger partial charge in [-0.3, -0.25) is 0 Å². The molecule has 2 unspecified atom stereocenters. The fourth-order valence-electron chi connectivity index (χ4n) is 2.89. The van der Waals surface area contributed by atoms with Gasteiger partial charge in [0.25, 0.3) is 0 Å². The number of hydrogen-bond donors (Lipinski definition) is 2. The van der Waals surface area contributed by atoms with E-state index >= 15 is 0 Å². The largest absolute Gasteiger partial charge is 0.353 e. The van der Waals surface area contributed by atoms with Gasteiger partial charge in [-0.15, -0.1) is 0 Å².